The lowest BCUT2D eigenvalue weighted by Crippen LogP contribution is -2.13. The molecule has 3 nitrogen and oxygen atoms in total. The maximum atomic E-state index is 13.6. The number of amides is 1. The summed E-state index contributed by atoms with van der Waals surface area (Å²) in [5.41, 5.74) is 1.61. The van der Waals surface area contributed by atoms with Crippen LogP contribution in [0.4, 0.5) is 9.52 Å². The summed E-state index contributed by atoms with van der Waals surface area (Å²) >= 11 is 7.12. The molecular weight excluding hydrogens is 323 g/mol. The summed E-state index contributed by atoms with van der Waals surface area (Å²) in [6, 6.07) is 13.1. The molecule has 1 amide bonds. The molecule has 0 atom stereocenters. The Morgan fingerprint density at radius 1 is 1.14 bits per heavy atom. The monoisotopic (exact) mass is 332 g/mol. The van der Waals surface area contributed by atoms with Crippen molar-refractivity contribution in [3.8, 4) is 11.3 Å². The van der Waals surface area contributed by atoms with Gasteiger partial charge in [-0.05, 0) is 24.3 Å². The number of carbonyl (C=O) groups is 1. The van der Waals surface area contributed by atoms with Crippen molar-refractivity contribution in [1.29, 1.82) is 0 Å². The van der Waals surface area contributed by atoms with E-state index in [-0.39, 0.29) is 5.56 Å². The molecule has 0 aliphatic rings. The molecular formula is C16H10ClFN2OS. The van der Waals surface area contributed by atoms with Crippen molar-refractivity contribution in [2.45, 2.75) is 0 Å². The first-order chi connectivity index (χ1) is 10.6. The first-order valence-corrected chi connectivity index (χ1v) is 7.66. The second kappa shape index (κ2) is 6.25. The second-order valence-corrected chi connectivity index (χ2v) is 5.77. The van der Waals surface area contributed by atoms with Gasteiger partial charge >= 0.3 is 0 Å². The van der Waals surface area contributed by atoms with E-state index in [0.29, 0.717) is 10.2 Å². The molecule has 3 rings (SSSR count). The van der Waals surface area contributed by atoms with Gasteiger partial charge in [-0.3, -0.25) is 10.1 Å². The van der Waals surface area contributed by atoms with Gasteiger partial charge in [0.2, 0.25) is 0 Å². The van der Waals surface area contributed by atoms with Crippen LogP contribution in [-0.2, 0) is 0 Å². The van der Waals surface area contributed by atoms with Gasteiger partial charge in [0.15, 0.2) is 5.13 Å². The molecule has 0 radical (unpaired) electrons. The number of nitrogens with zero attached hydrogens (tertiary/aromatic N) is 1. The van der Waals surface area contributed by atoms with Crippen LogP contribution >= 0.6 is 22.9 Å². The van der Waals surface area contributed by atoms with Crippen LogP contribution in [-0.4, -0.2) is 10.9 Å². The molecule has 0 bridgehead atoms. The van der Waals surface area contributed by atoms with Gasteiger partial charge in [0.25, 0.3) is 5.91 Å². The van der Waals surface area contributed by atoms with Gasteiger partial charge in [0, 0.05) is 16.0 Å². The minimum absolute atomic E-state index is 0.00857. The Kier molecular flexibility index (Phi) is 4.18. The number of halogens is 2. The zero-order valence-electron chi connectivity index (χ0n) is 11.2. The van der Waals surface area contributed by atoms with E-state index in [1.165, 1.54) is 29.5 Å². The summed E-state index contributed by atoms with van der Waals surface area (Å²) in [6.45, 7) is 0. The molecule has 0 spiro atoms. The van der Waals surface area contributed by atoms with Gasteiger partial charge in [-0.1, -0.05) is 35.9 Å². The van der Waals surface area contributed by atoms with Crippen molar-refractivity contribution in [1.82, 2.24) is 4.98 Å². The van der Waals surface area contributed by atoms with Gasteiger partial charge in [0.1, 0.15) is 5.82 Å². The van der Waals surface area contributed by atoms with E-state index in [2.05, 4.69) is 10.3 Å². The molecule has 3 aromatic rings. The lowest BCUT2D eigenvalue weighted by Gasteiger charge is -2.02. The maximum absolute atomic E-state index is 13.6. The minimum Gasteiger partial charge on any atom is -0.298 e. The normalized spacial score (nSPS) is 10.5. The Morgan fingerprint density at radius 3 is 2.59 bits per heavy atom. The Morgan fingerprint density at radius 2 is 1.86 bits per heavy atom. The van der Waals surface area contributed by atoms with Crippen LogP contribution in [0.2, 0.25) is 5.02 Å². The lowest BCUT2D eigenvalue weighted by atomic mass is 10.2. The van der Waals surface area contributed by atoms with Crippen LogP contribution in [0, 0.1) is 5.82 Å². The third kappa shape index (κ3) is 3.16. The fourth-order valence-corrected chi connectivity index (χ4v) is 2.73. The smallest absolute Gasteiger partial charge is 0.260 e. The van der Waals surface area contributed by atoms with Gasteiger partial charge < -0.3 is 0 Å². The SMILES string of the molecule is O=C(Nc1nc(-c2ccc(Cl)cc2)cs1)c1ccccc1F. The number of hydrogen-bond donors (Lipinski definition) is 1. The molecule has 0 unspecified atom stereocenters. The molecule has 2 aromatic carbocycles. The molecule has 0 saturated heterocycles. The summed E-state index contributed by atoms with van der Waals surface area (Å²) in [6.07, 6.45) is 0. The van der Waals surface area contributed by atoms with Crippen LogP contribution in [0.1, 0.15) is 10.4 Å². The molecule has 1 heterocycles. The van der Waals surface area contributed by atoms with Crippen molar-refractivity contribution in [2.24, 2.45) is 0 Å². The molecule has 110 valence electrons. The van der Waals surface area contributed by atoms with Gasteiger partial charge in [-0.15, -0.1) is 11.3 Å². The minimum atomic E-state index is -0.561. The molecule has 0 aliphatic carbocycles. The van der Waals surface area contributed by atoms with E-state index in [1.54, 1.807) is 18.2 Å². The number of anilines is 1. The fraction of sp³-hybridized carbons (Fsp3) is 0. The van der Waals surface area contributed by atoms with E-state index >= 15 is 0 Å². The summed E-state index contributed by atoms with van der Waals surface area (Å²) in [7, 11) is 0. The summed E-state index contributed by atoms with van der Waals surface area (Å²) < 4.78 is 13.6. The average molecular weight is 333 g/mol. The number of thiazole rings is 1. The highest BCUT2D eigenvalue weighted by atomic mass is 35.5. The highest BCUT2D eigenvalue weighted by molar-refractivity contribution is 7.14. The van der Waals surface area contributed by atoms with E-state index in [1.807, 2.05) is 17.5 Å². The molecule has 22 heavy (non-hydrogen) atoms. The zero-order chi connectivity index (χ0) is 15.5. The number of rotatable bonds is 3. The fourth-order valence-electron chi connectivity index (χ4n) is 1.89. The Hall–Kier alpha value is -2.24. The summed E-state index contributed by atoms with van der Waals surface area (Å²) in [5, 5.41) is 5.48. The van der Waals surface area contributed by atoms with Crippen molar-refractivity contribution < 1.29 is 9.18 Å². The molecule has 1 N–H and O–H groups in total. The van der Waals surface area contributed by atoms with E-state index in [0.717, 1.165) is 11.3 Å². The van der Waals surface area contributed by atoms with Crippen molar-refractivity contribution in [3.05, 3.63) is 70.3 Å². The van der Waals surface area contributed by atoms with Crippen molar-refractivity contribution >= 4 is 34.0 Å². The van der Waals surface area contributed by atoms with Crippen LogP contribution in [0.3, 0.4) is 0 Å². The molecule has 0 fully saturated rings. The highest BCUT2D eigenvalue weighted by Gasteiger charge is 2.13. The number of hydrogen-bond acceptors (Lipinski definition) is 3. The zero-order valence-corrected chi connectivity index (χ0v) is 12.8. The van der Waals surface area contributed by atoms with E-state index in [4.69, 9.17) is 11.6 Å². The van der Waals surface area contributed by atoms with Crippen molar-refractivity contribution in [2.75, 3.05) is 5.32 Å². The average Bonchev–Trinajstić information content (AvgIpc) is 2.97. The third-order valence-corrected chi connectivity index (χ3v) is 3.99. The first-order valence-electron chi connectivity index (χ1n) is 6.41. The Balaban J connectivity index is 1.78. The molecule has 6 heteroatoms. The number of carbonyl (C=O) groups excluding carboxylic acids is 1. The third-order valence-electron chi connectivity index (χ3n) is 2.98. The largest absolute Gasteiger partial charge is 0.298 e. The van der Waals surface area contributed by atoms with Crippen LogP contribution < -0.4 is 5.32 Å². The highest BCUT2D eigenvalue weighted by Crippen LogP contribution is 2.26. The predicted molar refractivity (Wildman–Crippen MR) is 86.9 cm³/mol. The van der Waals surface area contributed by atoms with Crippen LogP contribution in [0.5, 0.6) is 0 Å². The summed E-state index contributed by atoms with van der Waals surface area (Å²) in [5.74, 6) is -1.08. The molecule has 1 aromatic heterocycles. The summed E-state index contributed by atoms with van der Waals surface area (Å²) in [4.78, 5) is 16.3. The van der Waals surface area contributed by atoms with Gasteiger partial charge in [-0.25, -0.2) is 9.37 Å². The number of nitrogens with one attached hydrogen (secondary N) is 1. The second-order valence-electron chi connectivity index (χ2n) is 4.48. The lowest BCUT2D eigenvalue weighted by molar-refractivity contribution is 0.102. The topological polar surface area (TPSA) is 42.0 Å². The Labute approximate surface area is 135 Å². The van der Waals surface area contributed by atoms with Crippen LogP contribution in [0.15, 0.2) is 53.9 Å². The van der Waals surface area contributed by atoms with Crippen molar-refractivity contribution in [3.63, 3.8) is 0 Å². The predicted octanol–water partition coefficient (Wildman–Crippen LogP) is 4.85. The standard InChI is InChI=1S/C16H10ClFN2OS/c17-11-7-5-10(6-8-11)14-9-22-16(19-14)20-15(21)12-3-1-2-4-13(12)18/h1-9H,(H,19,20,21). The first kappa shape index (κ1) is 14.7. The molecule has 0 aliphatic heterocycles. The van der Waals surface area contributed by atoms with Crippen LogP contribution in [0.25, 0.3) is 11.3 Å². The van der Waals surface area contributed by atoms with E-state index < -0.39 is 11.7 Å². The number of benzene rings is 2. The van der Waals surface area contributed by atoms with E-state index in [9.17, 15) is 9.18 Å². The van der Waals surface area contributed by atoms with Gasteiger partial charge in [0.05, 0.1) is 11.3 Å². The number of aromatic nitrogens is 1. The molecule has 0 saturated carbocycles. The quantitative estimate of drug-likeness (QED) is 0.744. The van der Waals surface area contributed by atoms with Gasteiger partial charge in [-0.2, -0.15) is 0 Å². The maximum Gasteiger partial charge on any atom is 0.260 e. The Bertz CT molecular complexity index is 817.